The van der Waals surface area contributed by atoms with Crippen LogP contribution in [0.1, 0.15) is 38.5 Å². The minimum atomic E-state index is -1.05. The number of hydrogen-bond donors (Lipinski definition) is 2. The highest BCUT2D eigenvalue weighted by atomic mass is 19.1. The molecule has 0 atom stereocenters. The van der Waals surface area contributed by atoms with E-state index in [2.05, 4.69) is 15.0 Å². The molecule has 16 nitrogen and oxygen atoms in total. The highest BCUT2D eigenvalue weighted by molar-refractivity contribution is 5.47. The minimum absolute atomic E-state index is 0.0291. The van der Waals surface area contributed by atoms with E-state index in [4.69, 9.17) is 34.5 Å². The number of nitrogens with two attached hydrogens (primary N) is 1. The predicted molar refractivity (Wildman–Crippen MR) is 165 cm³/mol. The van der Waals surface area contributed by atoms with Crippen LogP contribution < -0.4 is 15.2 Å². The molecule has 47 heavy (non-hydrogen) atoms. The van der Waals surface area contributed by atoms with Crippen molar-refractivity contribution in [3.63, 3.8) is 0 Å². The van der Waals surface area contributed by atoms with E-state index < -0.39 is 21.5 Å². The van der Waals surface area contributed by atoms with Gasteiger partial charge in [-0.15, -0.1) is 0 Å². The molecule has 0 saturated heterocycles. The predicted octanol–water partition coefficient (Wildman–Crippen LogP) is 4.05. The molecule has 0 unspecified atom stereocenters. The van der Waals surface area contributed by atoms with Crippen LogP contribution in [0, 0.1) is 26.2 Å². The summed E-state index contributed by atoms with van der Waals surface area (Å²) in [5, 5.41) is 29.3. The smallest absolute Gasteiger partial charge is 0.330 e. The quantitative estimate of drug-likeness (QED) is 0.188. The van der Waals surface area contributed by atoms with Crippen molar-refractivity contribution in [3.8, 4) is 11.8 Å². The highest BCUT2D eigenvalue weighted by Gasteiger charge is 2.33. The van der Waals surface area contributed by atoms with Crippen molar-refractivity contribution in [1.82, 2.24) is 15.0 Å². The molecule has 3 aliphatic carbocycles. The van der Waals surface area contributed by atoms with Crippen molar-refractivity contribution in [2.45, 2.75) is 75.1 Å². The van der Waals surface area contributed by atoms with Gasteiger partial charge < -0.3 is 34.5 Å². The molecule has 0 aliphatic heterocycles. The van der Waals surface area contributed by atoms with E-state index in [9.17, 15) is 24.6 Å². The van der Waals surface area contributed by atoms with Crippen molar-refractivity contribution < 1.29 is 43.0 Å². The lowest BCUT2D eigenvalue weighted by molar-refractivity contribution is -0.388. The zero-order valence-electron chi connectivity index (χ0n) is 26.2. The highest BCUT2D eigenvalue weighted by Crippen LogP contribution is 2.31. The summed E-state index contributed by atoms with van der Waals surface area (Å²) in [5.41, 5.74) is 5.60. The van der Waals surface area contributed by atoms with Gasteiger partial charge in [0, 0.05) is 77.7 Å². The zero-order chi connectivity index (χ0) is 34.3. The van der Waals surface area contributed by atoms with Gasteiger partial charge in [-0.2, -0.15) is 4.39 Å². The van der Waals surface area contributed by atoms with Crippen molar-refractivity contribution in [1.29, 1.82) is 0 Å². The van der Waals surface area contributed by atoms with Gasteiger partial charge in [0.05, 0.1) is 39.9 Å². The van der Waals surface area contributed by atoms with Gasteiger partial charge in [-0.1, -0.05) is 0 Å². The van der Waals surface area contributed by atoms with E-state index in [1.54, 1.807) is 39.7 Å². The van der Waals surface area contributed by atoms with Gasteiger partial charge in [-0.3, -0.25) is 20.2 Å². The van der Waals surface area contributed by atoms with Crippen molar-refractivity contribution in [2.75, 3.05) is 27.1 Å². The number of rotatable bonds is 9. The van der Waals surface area contributed by atoms with Gasteiger partial charge in [0.25, 0.3) is 11.8 Å². The summed E-state index contributed by atoms with van der Waals surface area (Å²) in [6, 6.07) is 8.85. The van der Waals surface area contributed by atoms with Gasteiger partial charge in [0.1, 0.15) is 12.2 Å². The number of aromatic nitrogens is 3. The zero-order valence-corrected chi connectivity index (χ0v) is 26.2. The Morgan fingerprint density at radius 3 is 1.53 bits per heavy atom. The van der Waals surface area contributed by atoms with Crippen LogP contribution in [0.2, 0.25) is 0 Å². The fourth-order valence-corrected chi connectivity index (χ4v) is 4.29. The van der Waals surface area contributed by atoms with Gasteiger partial charge >= 0.3 is 11.4 Å². The second-order valence-electron chi connectivity index (χ2n) is 10.7. The molecule has 0 bridgehead atoms. The second kappa shape index (κ2) is 18.5. The van der Waals surface area contributed by atoms with Gasteiger partial charge in [-0.25, -0.2) is 15.0 Å². The summed E-state index contributed by atoms with van der Waals surface area (Å²) in [4.78, 5) is 30.4. The first-order chi connectivity index (χ1) is 22.5. The lowest BCUT2D eigenvalue weighted by atomic mass is 9.92. The lowest BCUT2D eigenvalue weighted by Crippen LogP contribution is -2.39. The molecule has 0 radical (unpaired) electrons. The molecule has 3 fully saturated rings. The molecule has 6 rings (SSSR count). The number of nitro groups is 2. The lowest BCUT2D eigenvalue weighted by Gasteiger charge is -2.33. The first-order valence-electron chi connectivity index (χ1n) is 14.7. The fourth-order valence-electron chi connectivity index (χ4n) is 4.29. The van der Waals surface area contributed by atoms with E-state index >= 15 is 0 Å². The summed E-state index contributed by atoms with van der Waals surface area (Å²) in [7, 11) is 5.04. The summed E-state index contributed by atoms with van der Waals surface area (Å²) < 4.78 is 38.5. The molecule has 3 aromatic rings. The van der Waals surface area contributed by atoms with E-state index in [-0.39, 0.29) is 36.0 Å². The third-order valence-electron chi connectivity index (χ3n) is 7.41. The standard InChI is InChI=1S/C10H12N2O4.C10H14N2O2.C5H3FN2O2.C5H10O2/c1-15-7-5-8(6-7)16-10-9(12(13)14)3-2-4-11-10;1-13-7-5-8(6-7)14-10-9(11)3-2-4-12-10;6-5-4(8(9)10)2-1-3-7-5;1-7-5-2-4(6)3-5/h2-4,7-8H,5-6H2,1H3;2-4,7-8H,5-6,11H2,1H3;1-3H;4-6H,2-3H2,1H3. The van der Waals surface area contributed by atoms with Crippen LogP contribution >= 0.6 is 0 Å². The van der Waals surface area contributed by atoms with Crippen LogP contribution in [0.4, 0.5) is 21.5 Å². The average molecular weight is 663 g/mol. The Bertz CT molecular complexity index is 1420. The van der Waals surface area contributed by atoms with Crippen LogP contribution in [0.15, 0.2) is 55.0 Å². The maximum atomic E-state index is 12.3. The first kappa shape index (κ1) is 36.9. The summed E-state index contributed by atoms with van der Waals surface area (Å²) in [6.07, 6.45) is 10.3. The number of aliphatic hydroxyl groups excluding tert-OH is 1. The molecule has 0 aromatic carbocycles. The van der Waals surface area contributed by atoms with Crippen molar-refractivity contribution in [3.05, 3.63) is 81.2 Å². The Morgan fingerprint density at radius 2 is 1.13 bits per heavy atom. The normalized spacial score (nSPS) is 23.6. The number of hydrogen-bond acceptors (Lipinski definition) is 14. The van der Waals surface area contributed by atoms with Crippen LogP contribution in [0.5, 0.6) is 11.8 Å². The summed E-state index contributed by atoms with van der Waals surface area (Å²) >= 11 is 0. The Morgan fingerprint density at radius 1 is 0.702 bits per heavy atom. The average Bonchev–Trinajstić information content (AvgIpc) is 3.00. The topological polar surface area (TPSA) is 217 Å². The number of ether oxygens (including phenoxy) is 5. The van der Waals surface area contributed by atoms with Crippen molar-refractivity contribution >= 4 is 17.1 Å². The molecule has 3 aliphatic rings. The number of methoxy groups -OCH3 is 3. The maximum Gasteiger partial charge on any atom is 0.330 e. The molecule has 3 N–H and O–H groups in total. The van der Waals surface area contributed by atoms with Crippen LogP contribution in [0.25, 0.3) is 0 Å². The minimum Gasteiger partial charge on any atom is -0.473 e. The largest absolute Gasteiger partial charge is 0.473 e. The van der Waals surface area contributed by atoms with Gasteiger partial charge in [0.15, 0.2) is 0 Å². The molecule has 17 heteroatoms. The Hall–Kier alpha value is -4.58. The molecule has 0 amide bonds. The third-order valence-corrected chi connectivity index (χ3v) is 7.41. The number of anilines is 1. The monoisotopic (exact) mass is 662 g/mol. The molecular weight excluding hydrogens is 623 g/mol. The molecule has 0 spiro atoms. The number of aliphatic hydroxyl groups is 1. The number of pyridine rings is 3. The molecular formula is C30H39FN6O10. The van der Waals surface area contributed by atoms with E-state index in [1.807, 2.05) is 0 Å². The number of halogens is 1. The second-order valence-corrected chi connectivity index (χ2v) is 10.7. The first-order valence-corrected chi connectivity index (χ1v) is 14.7. The maximum absolute atomic E-state index is 12.3. The number of nitrogens with zero attached hydrogens (tertiary/aromatic N) is 5. The Balaban J connectivity index is 0.000000177. The summed E-state index contributed by atoms with van der Waals surface area (Å²) in [5.74, 6) is -0.424. The molecule has 3 heterocycles. The molecule has 3 aromatic heterocycles. The van der Waals surface area contributed by atoms with E-state index in [0.717, 1.165) is 50.8 Å². The van der Waals surface area contributed by atoms with Crippen LogP contribution in [0.3, 0.4) is 0 Å². The molecule has 3 saturated carbocycles. The Kier molecular flexibility index (Phi) is 14.5. The summed E-state index contributed by atoms with van der Waals surface area (Å²) in [6.45, 7) is 0. The van der Waals surface area contributed by atoms with E-state index in [0.29, 0.717) is 23.8 Å². The fraction of sp³-hybridized carbons (Fsp3) is 0.500. The van der Waals surface area contributed by atoms with E-state index in [1.165, 1.54) is 24.4 Å². The SMILES string of the molecule is COC1CC(O)C1.COC1CC(Oc2ncccc2N)C1.COC1CC(Oc2ncccc2[N+](=O)[O-])C1.O=[N+]([O-])c1cccnc1F. The van der Waals surface area contributed by atoms with Crippen LogP contribution in [-0.4, -0.2) is 87.9 Å². The van der Waals surface area contributed by atoms with Gasteiger partial charge in [-0.05, 0) is 37.1 Å². The van der Waals surface area contributed by atoms with Gasteiger partial charge in [0.2, 0.25) is 5.88 Å². The van der Waals surface area contributed by atoms with Crippen LogP contribution in [-0.2, 0) is 14.2 Å². The van der Waals surface area contributed by atoms with Crippen molar-refractivity contribution in [2.24, 2.45) is 0 Å². The molecule has 256 valence electrons. The Labute approximate surface area is 270 Å². The number of nitrogen functional groups attached to an aromatic ring is 1. The third kappa shape index (κ3) is 11.6.